The minimum Gasteiger partial charge on any atom is -0.391 e. The zero-order chi connectivity index (χ0) is 46.6. The molecule has 3 aliphatic rings. The van der Waals surface area contributed by atoms with Crippen LogP contribution in [0.3, 0.4) is 0 Å². The van der Waals surface area contributed by atoms with E-state index in [1.807, 2.05) is 86.9 Å². The Balaban J connectivity index is 0.948. The summed E-state index contributed by atoms with van der Waals surface area (Å²) in [5.41, 5.74) is 10.2. The summed E-state index contributed by atoms with van der Waals surface area (Å²) < 4.78 is 2.01. The van der Waals surface area contributed by atoms with Crippen LogP contribution in [0.15, 0.2) is 77.2 Å². The highest BCUT2D eigenvalue weighted by Crippen LogP contribution is 2.40. The molecule has 17 heteroatoms. The van der Waals surface area contributed by atoms with E-state index in [2.05, 4.69) is 39.7 Å². The van der Waals surface area contributed by atoms with Crippen LogP contribution < -0.4 is 10.6 Å². The maximum atomic E-state index is 14.4. The first-order chi connectivity index (χ1) is 31.7. The minimum absolute atomic E-state index is 0.0116. The quantitative estimate of drug-likeness (QED) is 0.116. The number of aliphatic hydroxyl groups is 1. The number of thiophene rings is 1. The van der Waals surface area contributed by atoms with E-state index in [9.17, 15) is 24.3 Å². The summed E-state index contributed by atoms with van der Waals surface area (Å²) in [5, 5.41) is 27.6. The molecule has 0 bridgehead atoms. The van der Waals surface area contributed by atoms with Gasteiger partial charge in [-0.2, -0.15) is 0 Å². The van der Waals surface area contributed by atoms with Gasteiger partial charge in [-0.1, -0.05) is 67.9 Å². The lowest BCUT2D eigenvalue weighted by atomic mass is 9.99. The number of carbonyl (C=O) groups is 4. The van der Waals surface area contributed by atoms with Gasteiger partial charge < -0.3 is 25.5 Å². The summed E-state index contributed by atoms with van der Waals surface area (Å²) in [6, 6.07) is 18.3. The number of aliphatic hydroxyl groups excluding tert-OH is 1. The largest absolute Gasteiger partial charge is 0.391 e. The van der Waals surface area contributed by atoms with Crippen molar-refractivity contribution in [1.82, 2.24) is 40.2 Å². The number of rotatable bonds is 12. The van der Waals surface area contributed by atoms with Crippen molar-refractivity contribution in [3.05, 3.63) is 138 Å². The van der Waals surface area contributed by atoms with E-state index in [0.717, 1.165) is 65.1 Å². The molecule has 3 aliphatic heterocycles. The van der Waals surface area contributed by atoms with Gasteiger partial charge in [0.05, 0.1) is 34.3 Å². The molecule has 14 nitrogen and oxygen atoms in total. The molecule has 0 spiro atoms. The molecule has 0 unspecified atom stereocenters. The lowest BCUT2D eigenvalue weighted by molar-refractivity contribution is -0.143. The van der Waals surface area contributed by atoms with Gasteiger partial charge in [-0.3, -0.25) is 28.7 Å². The summed E-state index contributed by atoms with van der Waals surface area (Å²) in [5.74, 6) is -0.256. The first-order valence-electron chi connectivity index (χ1n) is 22.0. The van der Waals surface area contributed by atoms with E-state index in [0.29, 0.717) is 28.8 Å². The number of likely N-dealkylation sites (tertiary alicyclic amines) is 1. The van der Waals surface area contributed by atoms with Crippen LogP contribution >= 0.6 is 34.3 Å². The van der Waals surface area contributed by atoms with E-state index < -0.39 is 30.1 Å². The van der Waals surface area contributed by atoms with Gasteiger partial charge >= 0.3 is 0 Å². The normalized spacial score (nSPS) is 18.2. The third kappa shape index (κ3) is 8.46. The number of carbonyl (C=O) groups excluding carboxylic acids is 4. The zero-order valence-corrected chi connectivity index (χ0v) is 39.9. The van der Waals surface area contributed by atoms with Crippen LogP contribution in [0.25, 0.3) is 15.4 Å². The van der Waals surface area contributed by atoms with Crippen LogP contribution in [0.1, 0.15) is 98.7 Å². The van der Waals surface area contributed by atoms with Crippen molar-refractivity contribution in [2.24, 2.45) is 10.9 Å². The summed E-state index contributed by atoms with van der Waals surface area (Å²) in [7, 11) is 0. The topological polar surface area (TPSA) is 175 Å². The van der Waals surface area contributed by atoms with Crippen molar-refractivity contribution in [3.63, 3.8) is 0 Å². The standard InChI is InChI=1S/C49H50ClN9O5S2/c1-25(2)43(58-22-33-9-7-8-10-37(33)47(58)63)48(64)57-23-36(60)18-39(57)46(62)52-20-32-12-11-31(44-27(4)53-24-65-44)17-34(32)21-51-40(61)19-38-45-56-55-29(6)59(45)49-41(26(3)28(5)66-49)42(54-38)30-13-15-35(50)16-14-30/h7-17,24-25,36,38-39,43,60H,18-23H2,1-6H3,(H,51,61)(H,52,62)/t36-,38+,39+,43+/m1/s1. The van der Waals surface area contributed by atoms with E-state index in [-0.39, 0.29) is 56.1 Å². The van der Waals surface area contributed by atoms with Gasteiger partial charge in [0.15, 0.2) is 5.82 Å². The van der Waals surface area contributed by atoms with Crippen molar-refractivity contribution in [2.75, 3.05) is 6.54 Å². The van der Waals surface area contributed by atoms with Crippen molar-refractivity contribution in [3.8, 4) is 15.4 Å². The van der Waals surface area contributed by atoms with Gasteiger partial charge in [0.1, 0.15) is 29.0 Å². The highest BCUT2D eigenvalue weighted by Gasteiger charge is 2.46. The van der Waals surface area contributed by atoms with Crippen LogP contribution in [0.5, 0.6) is 0 Å². The van der Waals surface area contributed by atoms with E-state index >= 15 is 0 Å². The molecular weight excluding hydrogens is 894 g/mol. The Morgan fingerprint density at radius 3 is 2.41 bits per heavy atom. The molecule has 340 valence electrons. The fourth-order valence-electron chi connectivity index (χ4n) is 9.31. The first kappa shape index (κ1) is 45.1. The first-order valence-corrected chi connectivity index (χ1v) is 24.1. The molecule has 3 aromatic heterocycles. The maximum Gasteiger partial charge on any atom is 0.255 e. The fraction of sp³-hybridized carbons (Fsp3) is 0.347. The van der Waals surface area contributed by atoms with Gasteiger partial charge in [0.25, 0.3) is 5.91 Å². The Labute approximate surface area is 395 Å². The lowest BCUT2D eigenvalue weighted by Gasteiger charge is -2.35. The molecular formula is C49H50ClN9O5S2. The molecule has 3 aromatic carbocycles. The molecule has 4 amide bonds. The summed E-state index contributed by atoms with van der Waals surface area (Å²) in [4.78, 5) is 71.0. The van der Waals surface area contributed by atoms with Crippen molar-refractivity contribution < 1.29 is 24.3 Å². The second-order valence-corrected chi connectivity index (χ2v) is 20.0. The SMILES string of the molecule is Cc1ncsc1-c1ccc(CNC(=O)[C@@H]2C[C@@H](O)CN2C(=O)[C@H](C(C)C)N2Cc3ccccc3C2=O)c(CNC(=O)C[C@@H]2N=C(c3ccc(Cl)cc3)c3c(sc(C)c3C)-n3c(C)nnc32)c1. The van der Waals surface area contributed by atoms with Gasteiger partial charge in [-0.15, -0.1) is 32.9 Å². The fourth-order valence-corrected chi connectivity index (χ4v) is 11.5. The number of fused-ring (bicyclic) bond motifs is 4. The van der Waals surface area contributed by atoms with E-state index in [1.54, 1.807) is 33.9 Å². The third-order valence-electron chi connectivity index (χ3n) is 12.8. The predicted molar refractivity (Wildman–Crippen MR) is 255 cm³/mol. The summed E-state index contributed by atoms with van der Waals surface area (Å²) >= 11 is 9.47. The Morgan fingerprint density at radius 1 is 0.939 bits per heavy atom. The van der Waals surface area contributed by atoms with E-state index in [1.165, 1.54) is 16.2 Å². The Hall–Kier alpha value is -6.07. The lowest BCUT2D eigenvalue weighted by Crippen LogP contribution is -2.55. The van der Waals surface area contributed by atoms with Crippen molar-refractivity contribution >= 4 is 63.6 Å². The van der Waals surface area contributed by atoms with Crippen LogP contribution in [0.4, 0.5) is 0 Å². The number of halogens is 1. The smallest absolute Gasteiger partial charge is 0.255 e. The van der Waals surface area contributed by atoms with Crippen LogP contribution in [0.2, 0.25) is 5.02 Å². The number of aromatic nitrogens is 4. The second kappa shape index (κ2) is 18.3. The van der Waals surface area contributed by atoms with E-state index in [4.69, 9.17) is 16.6 Å². The molecule has 0 radical (unpaired) electrons. The number of thiazole rings is 1. The average molecular weight is 945 g/mol. The monoisotopic (exact) mass is 943 g/mol. The van der Waals surface area contributed by atoms with Gasteiger partial charge in [0, 0.05) is 59.2 Å². The third-order valence-corrected chi connectivity index (χ3v) is 15.2. The molecule has 1 fully saturated rings. The molecule has 9 rings (SSSR count). The Morgan fingerprint density at radius 2 is 1.68 bits per heavy atom. The Bertz CT molecular complexity index is 2920. The number of benzene rings is 3. The molecule has 6 aromatic rings. The molecule has 66 heavy (non-hydrogen) atoms. The number of aryl methyl sites for hydroxylation is 3. The molecule has 3 N–H and O–H groups in total. The summed E-state index contributed by atoms with van der Waals surface area (Å²) in [6.45, 7) is 12.3. The van der Waals surface area contributed by atoms with Gasteiger partial charge in [-0.05, 0) is 85.7 Å². The highest BCUT2D eigenvalue weighted by molar-refractivity contribution is 7.15. The highest BCUT2D eigenvalue weighted by atomic mass is 35.5. The van der Waals surface area contributed by atoms with Crippen LogP contribution in [-0.2, 0) is 34.0 Å². The number of aliphatic imine (C=N–C) groups is 1. The molecule has 1 saturated heterocycles. The van der Waals surface area contributed by atoms with Crippen molar-refractivity contribution in [1.29, 1.82) is 0 Å². The number of nitrogens with zero attached hydrogens (tertiary/aromatic N) is 7. The number of nitrogens with one attached hydrogen (secondary N) is 2. The zero-order valence-electron chi connectivity index (χ0n) is 37.5. The van der Waals surface area contributed by atoms with Crippen LogP contribution in [-0.4, -0.2) is 88.7 Å². The maximum absolute atomic E-state index is 14.4. The number of β-amino-alcohol motifs (C(OH)–C–C–N with tert-alkyl or cyclic N) is 1. The minimum atomic E-state index is -0.947. The average Bonchev–Trinajstić information content (AvgIpc) is 4.11. The van der Waals surface area contributed by atoms with Gasteiger partial charge in [0.2, 0.25) is 17.7 Å². The number of amides is 4. The molecule has 6 heterocycles. The van der Waals surface area contributed by atoms with Crippen molar-refractivity contribution in [2.45, 2.75) is 98.2 Å². The molecule has 4 atom stereocenters. The molecule has 0 saturated carbocycles. The Kier molecular flexibility index (Phi) is 12.5. The number of hydrogen-bond acceptors (Lipinski definition) is 11. The second-order valence-electron chi connectivity index (χ2n) is 17.5. The number of hydrogen-bond donors (Lipinski definition) is 3. The summed E-state index contributed by atoms with van der Waals surface area (Å²) in [6.07, 6.45) is -0.857. The van der Waals surface area contributed by atoms with Gasteiger partial charge in [-0.25, -0.2) is 4.98 Å². The predicted octanol–water partition coefficient (Wildman–Crippen LogP) is 7.20. The van der Waals surface area contributed by atoms with Crippen LogP contribution in [0, 0.1) is 33.6 Å². The molecule has 0 aliphatic carbocycles.